The van der Waals surface area contributed by atoms with E-state index in [0.717, 1.165) is 61.0 Å². The summed E-state index contributed by atoms with van der Waals surface area (Å²) in [5.41, 5.74) is 0.235. The van der Waals surface area contributed by atoms with Gasteiger partial charge < -0.3 is 14.2 Å². The number of fused-ring (bicyclic) bond motifs is 1. The van der Waals surface area contributed by atoms with Gasteiger partial charge >= 0.3 is 6.18 Å². The van der Waals surface area contributed by atoms with Crippen LogP contribution in [0, 0.1) is 0 Å². The van der Waals surface area contributed by atoms with Crippen LogP contribution in [0.2, 0.25) is 0 Å². The van der Waals surface area contributed by atoms with Crippen LogP contribution in [0.3, 0.4) is 0 Å². The molecule has 0 N–H and O–H groups in total. The Kier molecular flexibility index (Phi) is 7.52. The molecule has 0 aliphatic carbocycles. The summed E-state index contributed by atoms with van der Waals surface area (Å²) in [4.78, 5) is 10.4. The SMILES string of the molecule is FC(F)(F)c1cc(OCc2ccccc2)nc(-c2ccc3cc(OCCN4CCOCC4)ccc3c2)n1. The van der Waals surface area contributed by atoms with E-state index < -0.39 is 11.9 Å². The van der Waals surface area contributed by atoms with Gasteiger partial charge in [0.15, 0.2) is 11.5 Å². The zero-order chi connectivity index (χ0) is 25.7. The van der Waals surface area contributed by atoms with E-state index in [1.165, 1.54) is 0 Å². The summed E-state index contributed by atoms with van der Waals surface area (Å²) in [6.07, 6.45) is -4.63. The van der Waals surface area contributed by atoms with Crippen LogP contribution >= 0.6 is 0 Å². The third kappa shape index (κ3) is 6.55. The highest BCUT2D eigenvalue weighted by molar-refractivity contribution is 5.87. The molecule has 1 fully saturated rings. The van der Waals surface area contributed by atoms with Crippen LogP contribution in [0.15, 0.2) is 72.8 Å². The summed E-state index contributed by atoms with van der Waals surface area (Å²) in [6.45, 7) is 4.78. The summed E-state index contributed by atoms with van der Waals surface area (Å²) >= 11 is 0. The van der Waals surface area contributed by atoms with Crippen molar-refractivity contribution in [3.63, 3.8) is 0 Å². The Hall–Kier alpha value is -3.69. The number of halogens is 3. The van der Waals surface area contributed by atoms with E-state index in [9.17, 15) is 13.2 Å². The molecule has 9 heteroatoms. The molecule has 3 aromatic carbocycles. The fourth-order valence-electron chi connectivity index (χ4n) is 4.07. The van der Waals surface area contributed by atoms with Crippen LogP contribution in [-0.4, -0.2) is 54.3 Å². The van der Waals surface area contributed by atoms with Crippen molar-refractivity contribution < 1.29 is 27.4 Å². The molecule has 1 saturated heterocycles. The largest absolute Gasteiger partial charge is 0.492 e. The van der Waals surface area contributed by atoms with Crippen molar-refractivity contribution in [2.24, 2.45) is 0 Å². The Morgan fingerprint density at radius 1 is 0.838 bits per heavy atom. The van der Waals surface area contributed by atoms with Crippen LogP contribution in [0.5, 0.6) is 11.6 Å². The molecule has 0 bridgehead atoms. The average Bonchev–Trinajstić information content (AvgIpc) is 2.92. The van der Waals surface area contributed by atoms with E-state index in [2.05, 4.69) is 14.9 Å². The van der Waals surface area contributed by atoms with Crippen LogP contribution in [0.25, 0.3) is 22.2 Å². The third-order valence-electron chi connectivity index (χ3n) is 6.07. The van der Waals surface area contributed by atoms with Crippen molar-refractivity contribution in [3.8, 4) is 23.0 Å². The predicted molar refractivity (Wildman–Crippen MR) is 134 cm³/mol. The van der Waals surface area contributed by atoms with Crippen molar-refractivity contribution in [1.82, 2.24) is 14.9 Å². The van der Waals surface area contributed by atoms with Gasteiger partial charge in [-0.2, -0.15) is 18.2 Å². The van der Waals surface area contributed by atoms with E-state index >= 15 is 0 Å². The Morgan fingerprint density at radius 2 is 1.59 bits per heavy atom. The molecule has 37 heavy (non-hydrogen) atoms. The first-order chi connectivity index (χ1) is 17.9. The topological polar surface area (TPSA) is 56.7 Å². The number of rotatable bonds is 8. The predicted octanol–water partition coefficient (Wildman–Crippen LogP) is 5.61. The zero-order valence-corrected chi connectivity index (χ0v) is 20.1. The van der Waals surface area contributed by atoms with E-state index in [4.69, 9.17) is 14.2 Å². The quantitative estimate of drug-likeness (QED) is 0.308. The molecule has 0 saturated carbocycles. The number of nitrogens with zero attached hydrogens (tertiary/aromatic N) is 3. The second kappa shape index (κ2) is 11.1. The molecular weight excluding hydrogens is 483 g/mol. The van der Waals surface area contributed by atoms with Gasteiger partial charge in [-0.3, -0.25) is 4.90 Å². The van der Waals surface area contributed by atoms with E-state index in [-0.39, 0.29) is 18.3 Å². The lowest BCUT2D eigenvalue weighted by Crippen LogP contribution is -2.38. The number of hydrogen-bond donors (Lipinski definition) is 0. The third-order valence-corrected chi connectivity index (χ3v) is 6.07. The van der Waals surface area contributed by atoms with Crippen molar-refractivity contribution in [2.45, 2.75) is 12.8 Å². The Labute approximate surface area is 212 Å². The van der Waals surface area contributed by atoms with Crippen molar-refractivity contribution >= 4 is 10.8 Å². The average molecular weight is 510 g/mol. The second-order valence-electron chi connectivity index (χ2n) is 8.71. The number of hydrogen-bond acceptors (Lipinski definition) is 6. The van der Waals surface area contributed by atoms with Gasteiger partial charge in [-0.1, -0.05) is 48.5 Å². The molecule has 0 unspecified atom stereocenters. The normalized spacial score (nSPS) is 14.6. The summed E-state index contributed by atoms with van der Waals surface area (Å²) in [7, 11) is 0. The van der Waals surface area contributed by atoms with Gasteiger partial charge in [-0.15, -0.1) is 0 Å². The fraction of sp³-hybridized carbons (Fsp3) is 0.286. The van der Waals surface area contributed by atoms with Crippen LogP contribution in [-0.2, 0) is 17.5 Å². The number of aromatic nitrogens is 2. The van der Waals surface area contributed by atoms with Gasteiger partial charge in [-0.05, 0) is 34.5 Å². The van der Waals surface area contributed by atoms with Crippen LogP contribution < -0.4 is 9.47 Å². The number of ether oxygens (including phenoxy) is 3. The van der Waals surface area contributed by atoms with E-state index in [1.54, 1.807) is 12.1 Å². The van der Waals surface area contributed by atoms with Crippen LogP contribution in [0.1, 0.15) is 11.3 Å². The lowest BCUT2D eigenvalue weighted by Gasteiger charge is -2.26. The molecule has 5 rings (SSSR count). The number of alkyl halides is 3. The van der Waals surface area contributed by atoms with Crippen molar-refractivity contribution in [1.29, 1.82) is 0 Å². The molecule has 0 radical (unpaired) electrons. The van der Waals surface area contributed by atoms with Crippen molar-refractivity contribution in [2.75, 3.05) is 39.5 Å². The standard InChI is InChI=1S/C28H26F3N3O3/c29-28(30,31)25-18-26(37-19-20-4-2-1-3-5-20)33-27(32-25)23-7-6-22-17-24(9-8-21(22)16-23)36-15-12-34-10-13-35-14-11-34/h1-9,16-18H,10-15,19H2. The maximum Gasteiger partial charge on any atom is 0.433 e. The van der Waals surface area contributed by atoms with Gasteiger partial charge in [-0.25, -0.2) is 4.98 Å². The first kappa shape index (κ1) is 25.0. The van der Waals surface area contributed by atoms with Gasteiger partial charge in [0, 0.05) is 31.3 Å². The highest BCUT2D eigenvalue weighted by Crippen LogP contribution is 2.32. The first-order valence-corrected chi connectivity index (χ1v) is 12.0. The minimum absolute atomic E-state index is 0.0503. The first-order valence-electron chi connectivity index (χ1n) is 12.0. The molecule has 2 heterocycles. The van der Waals surface area contributed by atoms with Crippen LogP contribution in [0.4, 0.5) is 13.2 Å². The molecule has 4 aromatic rings. The Balaban J connectivity index is 1.34. The minimum atomic E-state index is -4.63. The Bertz CT molecular complexity index is 1340. The molecule has 0 atom stereocenters. The van der Waals surface area contributed by atoms with Gasteiger partial charge in [0.25, 0.3) is 0 Å². The second-order valence-corrected chi connectivity index (χ2v) is 8.71. The number of morpholine rings is 1. The highest BCUT2D eigenvalue weighted by atomic mass is 19.4. The Morgan fingerprint density at radius 3 is 2.38 bits per heavy atom. The molecular formula is C28H26F3N3O3. The van der Waals surface area contributed by atoms with Gasteiger partial charge in [0.05, 0.1) is 13.2 Å². The van der Waals surface area contributed by atoms with Gasteiger partial charge in [0.2, 0.25) is 5.88 Å². The summed E-state index contributed by atoms with van der Waals surface area (Å²) < 4.78 is 57.6. The molecule has 1 aromatic heterocycles. The molecule has 6 nitrogen and oxygen atoms in total. The highest BCUT2D eigenvalue weighted by Gasteiger charge is 2.34. The van der Waals surface area contributed by atoms with Gasteiger partial charge in [0.1, 0.15) is 19.0 Å². The summed E-state index contributed by atoms with van der Waals surface area (Å²) in [5.74, 6) is 0.552. The van der Waals surface area contributed by atoms with E-state index in [1.807, 2.05) is 54.6 Å². The van der Waals surface area contributed by atoms with E-state index in [0.29, 0.717) is 12.2 Å². The fourth-order valence-corrected chi connectivity index (χ4v) is 4.07. The zero-order valence-electron chi connectivity index (χ0n) is 20.1. The number of benzene rings is 3. The maximum atomic E-state index is 13.6. The molecule has 0 amide bonds. The monoisotopic (exact) mass is 509 g/mol. The molecule has 1 aliphatic rings. The lowest BCUT2D eigenvalue weighted by atomic mass is 10.1. The summed E-state index contributed by atoms with van der Waals surface area (Å²) in [5, 5.41) is 1.74. The minimum Gasteiger partial charge on any atom is -0.492 e. The smallest absolute Gasteiger partial charge is 0.433 e. The molecule has 0 spiro atoms. The molecule has 1 aliphatic heterocycles. The maximum absolute atomic E-state index is 13.6. The van der Waals surface area contributed by atoms with Crippen molar-refractivity contribution in [3.05, 3.63) is 84.1 Å². The summed E-state index contributed by atoms with van der Waals surface area (Å²) in [6, 6.07) is 21.0. The molecule has 192 valence electrons. The lowest BCUT2D eigenvalue weighted by molar-refractivity contribution is -0.141.